The molecule has 8 nitrogen and oxygen atoms in total. The lowest BCUT2D eigenvalue weighted by Gasteiger charge is -2.11. The Labute approximate surface area is 176 Å². The molecule has 2 aromatic rings. The molecule has 0 unspecified atom stereocenters. The van der Waals surface area contributed by atoms with Crippen molar-refractivity contribution in [1.29, 1.82) is 0 Å². The quantitative estimate of drug-likeness (QED) is 0.354. The molecule has 0 saturated heterocycles. The van der Waals surface area contributed by atoms with Crippen LogP contribution in [0.25, 0.3) is 0 Å². The molecule has 0 aliphatic heterocycles. The summed E-state index contributed by atoms with van der Waals surface area (Å²) in [6, 6.07) is 12.0. The van der Waals surface area contributed by atoms with Crippen molar-refractivity contribution in [3.05, 3.63) is 48.0 Å². The van der Waals surface area contributed by atoms with Gasteiger partial charge < -0.3 is 19.5 Å². The topological polar surface area (TPSA) is 98.2 Å². The molecule has 2 amide bonds. The normalized spacial score (nSPS) is 10.5. The number of ether oxygens (including phenoxy) is 3. The largest absolute Gasteiger partial charge is 0.494 e. The van der Waals surface area contributed by atoms with Gasteiger partial charge in [-0.1, -0.05) is 6.92 Å². The molecule has 0 bridgehead atoms. The summed E-state index contributed by atoms with van der Waals surface area (Å²) >= 11 is 0. The minimum absolute atomic E-state index is 0.478. The van der Waals surface area contributed by atoms with Crippen LogP contribution < -0.4 is 25.0 Å². The summed E-state index contributed by atoms with van der Waals surface area (Å²) in [5.41, 5.74) is 3.37. The fraction of sp³-hybridized carbons (Fsp3) is 0.318. The van der Waals surface area contributed by atoms with Gasteiger partial charge in [-0.3, -0.25) is 9.59 Å². The van der Waals surface area contributed by atoms with Gasteiger partial charge in [-0.05, 0) is 68.3 Å². The van der Waals surface area contributed by atoms with Crippen LogP contribution in [0, 0.1) is 0 Å². The molecule has 0 radical (unpaired) electrons. The fourth-order valence-electron chi connectivity index (χ4n) is 2.41. The third-order valence-electron chi connectivity index (χ3n) is 3.74. The van der Waals surface area contributed by atoms with Gasteiger partial charge in [0, 0.05) is 5.69 Å². The molecule has 2 rings (SSSR count). The predicted octanol–water partition coefficient (Wildman–Crippen LogP) is 3.36. The van der Waals surface area contributed by atoms with E-state index in [4.69, 9.17) is 14.2 Å². The first kappa shape index (κ1) is 22.7. The molecule has 0 fully saturated rings. The number of nitrogens with zero attached hydrogens (tertiary/aromatic N) is 1. The van der Waals surface area contributed by atoms with E-state index < -0.39 is 11.8 Å². The first-order valence-corrected chi connectivity index (χ1v) is 9.84. The molecular formula is C22H27N3O5. The number of amides is 2. The molecule has 0 heterocycles. The van der Waals surface area contributed by atoms with Crippen LogP contribution >= 0.6 is 0 Å². The second kappa shape index (κ2) is 12.1. The predicted molar refractivity (Wildman–Crippen MR) is 115 cm³/mol. The molecule has 0 aromatic heterocycles. The van der Waals surface area contributed by atoms with Gasteiger partial charge in [-0.15, -0.1) is 0 Å². The average molecular weight is 413 g/mol. The van der Waals surface area contributed by atoms with Crippen LogP contribution in [0.4, 0.5) is 5.69 Å². The summed E-state index contributed by atoms with van der Waals surface area (Å²) in [6.45, 7) is 7.42. The van der Waals surface area contributed by atoms with Crippen LogP contribution in [-0.4, -0.2) is 37.8 Å². The molecule has 0 aliphatic rings. The van der Waals surface area contributed by atoms with E-state index in [2.05, 4.69) is 15.8 Å². The van der Waals surface area contributed by atoms with E-state index in [1.54, 1.807) is 42.5 Å². The third kappa shape index (κ3) is 7.12. The zero-order valence-corrected chi connectivity index (χ0v) is 17.4. The Kier molecular flexibility index (Phi) is 9.18. The number of hydrazone groups is 1. The molecule has 2 N–H and O–H groups in total. The molecule has 0 atom stereocenters. The maximum absolute atomic E-state index is 12.0. The lowest BCUT2D eigenvalue weighted by atomic mass is 10.2. The number of hydrogen-bond acceptors (Lipinski definition) is 6. The van der Waals surface area contributed by atoms with Crippen molar-refractivity contribution < 1.29 is 23.8 Å². The summed E-state index contributed by atoms with van der Waals surface area (Å²) in [5, 5.41) is 6.33. The van der Waals surface area contributed by atoms with Crippen LogP contribution in [0.2, 0.25) is 0 Å². The minimum Gasteiger partial charge on any atom is -0.494 e. The highest BCUT2D eigenvalue weighted by molar-refractivity contribution is 6.39. The number of anilines is 1. The highest BCUT2D eigenvalue weighted by Crippen LogP contribution is 2.28. The highest BCUT2D eigenvalue weighted by atomic mass is 16.5. The van der Waals surface area contributed by atoms with E-state index in [0.717, 1.165) is 6.42 Å². The van der Waals surface area contributed by atoms with Crippen LogP contribution in [0.1, 0.15) is 32.8 Å². The lowest BCUT2D eigenvalue weighted by Crippen LogP contribution is -2.32. The number of benzene rings is 2. The van der Waals surface area contributed by atoms with E-state index in [0.29, 0.717) is 48.3 Å². The Morgan fingerprint density at radius 3 is 2.30 bits per heavy atom. The van der Waals surface area contributed by atoms with E-state index in [1.807, 2.05) is 20.8 Å². The summed E-state index contributed by atoms with van der Waals surface area (Å²) in [6.07, 6.45) is 2.31. The number of hydrogen-bond donors (Lipinski definition) is 2. The van der Waals surface area contributed by atoms with Crippen molar-refractivity contribution in [3.63, 3.8) is 0 Å². The van der Waals surface area contributed by atoms with Crippen molar-refractivity contribution in [2.45, 2.75) is 27.2 Å². The third-order valence-corrected chi connectivity index (χ3v) is 3.74. The molecule has 8 heteroatoms. The van der Waals surface area contributed by atoms with Gasteiger partial charge in [-0.2, -0.15) is 5.10 Å². The average Bonchev–Trinajstić information content (AvgIpc) is 2.75. The number of carbonyl (C=O) groups excluding carboxylic acids is 2. The molecule has 2 aromatic carbocycles. The highest BCUT2D eigenvalue weighted by Gasteiger charge is 2.13. The van der Waals surface area contributed by atoms with Crippen molar-refractivity contribution in [3.8, 4) is 17.2 Å². The number of carbonyl (C=O) groups is 2. The summed E-state index contributed by atoms with van der Waals surface area (Å²) in [4.78, 5) is 23.9. The second-order valence-electron chi connectivity index (χ2n) is 6.10. The van der Waals surface area contributed by atoms with E-state index in [-0.39, 0.29) is 0 Å². The first-order valence-electron chi connectivity index (χ1n) is 9.84. The van der Waals surface area contributed by atoms with Crippen LogP contribution in [0.3, 0.4) is 0 Å². The lowest BCUT2D eigenvalue weighted by molar-refractivity contribution is -0.136. The molecule has 0 saturated carbocycles. The number of nitrogens with one attached hydrogen (secondary N) is 2. The van der Waals surface area contributed by atoms with Gasteiger partial charge in [-0.25, -0.2) is 5.43 Å². The van der Waals surface area contributed by atoms with E-state index in [1.165, 1.54) is 6.21 Å². The van der Waals surface area contributed by atoms with Gasteiger partial charge in [0.05, 0.1) is 26.0 Å². The van der Waals surface area contributed by atoms with Crippen molar-refractivity contribution in [2.75, 3.05) is 25.1 Å². The molecule has 0 aliphatic carbocycles. The standard InChI is InChI=1S/C22H27N3O5/c1-4-13-30-19-12-7-16(14-20(19)29-6-3)15-23-25-22(27)21(26)24-17-8-10-18(11-9-17)28-5-2/h7-12,14-15H,4-6,13H2,1-3H3,(H,24,26)(H,25,27)/b23-15+. The van der Waals surface area contributed by atoms with Crippen molar-refractivity contribution >= 4 is 23.7 Å². The SMILES string of the molecule is CCCOc1ccc(/C=N/NC(=O)C(=O)Nc2ccc(OCC)cc2)cc1OCC. The van der Waals surface area contributed by atoms with Crippen LogP contribution in [0.5, 0.6) is 17.2 Å². The van der Waals surface area contributed by atoms with Gasteiger partial charge in [0.2, 0.25) is 0 Å². The maximum atomic E-state index is 12.0. The van der Waals surface area contributed by atoms with Gasteiger partial charge in [0.15, 0.2) is 11.5 Å². The van der Waals surface area contributed by atoms with Crippen LogP contribution in [-0.2, 0) is 9.59 Å². The fourth-order valence-corrected chi connectivity index (χ4v) is 2.41. The Morgan fingerprint density at radius 2 is 1.63 bits per heavy atom. The molecular weight excluding hydrogens is 386 g/mol. The van der Waals surface area contributed by atoms with Crippen molar-refractivity contribution in [1.82, 2.24) is 5.43 Å². The second-order valence-corrected chi connectivity index (χ2v) is 6.10. The summed E-state index contributed by atoms with van der Waals surface area (Å²) in [7, 11) is 0. The minimum atomic E-state index is -0.881. The van der Waals surface area contributed by atoms with Crippen molar-refractivity contribution in [2.24, 2.45) is 5.10 Å². The Hall–Kier alpha value is -3.55. The van der Waals surface area contributed by atoms with Gasteiger partial charge >= 0.3 is 11.8 Å². The first-order chi connectivity index (χ1) is 14.6. The zero-order valence-electron chi connectivity index (χ0n) is 17.4. The molecule has 30 heavy (non-hydrogen) atoms. The Morgan fingerprint density at radius 1 is 0.900 bits per heavy atom. The van der Waals surface area contributed by atoms with Gasteiger partial charge in [0.1, 0.15) is 5.75 Å². The summed E-state index contributed by atoms with van der Waals surface area (Å²) < 4.78 is 16.6. The van der Waals surface area contributed by atoms with Crippen LogP contribution in [0.15, 0.2) is 47.6 Å². The monoisotopic (exact) mass is 413 g/mol. The Balaban J connectivity index is 1.92. The molecule has 160 valence electrons. The van der Waals surface area contributed by atoms with E-state index in [9.17, 15) is 9.59 Å². The summed E-state index contributed by atoms with van der Waals surface area (Å²) in [5.74, 6) is 0.217. The number of rotatable bonds is 10. The zero-order chi connectivity index (χ0) is 21.8. The smallest absolute Gasteiger partial charge is 0.329 e. The molecule has 0 spiro atoms. The Bertz CT molecular complexity index is 866. The van der Waals surface area contributed by atoms with Gasteiger partial charge in [0.25, 0.3) is 0 Å². The van der Waals surface area contributed by atoms with E-state index >= 15 is 0 Å². The maximum Gasteiger partial charge on any atom is 0.329 e.